The van der Waals surface area contributed by atoms with Gasteiger partial charge >= 0.3 is 0 Å². The minimum atomic E-state index is -0.639. The number of halogens is 2. The van der Waals surface area contributed by atoms with Crippen LogP contribution in [0.15, 0.2) is 70.4 Å². The van der Waals surface area contributed by atoms with Crippen molar-refractivity contribution in [2.45, 2.75) is 34.6 Å². The number of benzene rings is 2. The molecular weight excluding hydrogens is 562 g/mol. The van der Waals surface area contributed by atoms with E-state index < -0.39 is 11.6 Å². The lowest BCUT2D eigenvalue weighted by Crippen LogP contribution is -2.48. The molecule has 5 rings (SSSR count). The SMILES string of the molecule is C=N/C(=C\C(=N/COc1cc(F)c2[nH]c(C)cc2c1F)N1CCN(c2cccc(C)c2)CC1)Nc1cc(/C=C/C)[nH]n1.CC. The molecule has 0 spiro atoms. The third kappa shape index (κ3) is 7.71. The van der Waals surface area contributed by atoms with Crippen molar-refractivity contribution >= 4 is 41.0 Å². The predicted octanol–water partition coefficient (Wildman–Crippen LogP) is 7.06. The Balaban J connectivity index is 0.00000216. The number of aliphatic imine (C=N–C) groups is 2. The molecule has 1 saturated heterocycles. The summed E-state index contributed by atoms with van der Waals surface area (Å²) in [5.74, 6) is 0.120. The van der Waals surface area contributed by atoms with Gasteiger partial charge in [0.1, 0.15) is 11.7 Å². The summed E-state index contributed by atoms with van der Waals surface area (Å²) >= 11 is 0. The molecule has 0 unspecified atom stereocenters. The van der Waals surface area contributed by atoms with Crippen LogP contribution in [0.5, 0.6) is 5.75 Å². The molecule has 1 aliphatic heterocycles. The summed E-state index contributed by atoms with van der Waals surface area (Å²) in [5.41, 5.74) is 3.98. The first kappa shape index (κ1) is 32.0. The quantitative estimate of drug-likeness (QED) is 0.141. The summed E-state index contributed by atoms with van der Waals surface area (Å²) < 4.78 is 35.4. The van der Waals surface area contributed by atoms with Crippen molar-refractivity contribution in [3.63, 3.8) is 0 Å². The van der Waals surface area contributed by atoms with E-state index in [1.807, 2.05) is 39.0 Å². The van der Waals surface area contributed by atoms with E-state index in [0.717, 1.165) is 24.8 Å². The molecule has 0 radical (unpaired) electrons. The smallest absolute Gasteiger partial charge is 0.181 e. The molecule has 232 valence electrons. The first-order valence-electron chi connectivity index (χ1n) is 14.7. The molecule has 9 nitrogen and oxygen atoms in total. The fraction of sp³-hybridized carbons (Fsp3) is 0.303. The number of nitrogens with zero attached hydrogens (tertiary/aromatic N) is 5. The van der Waals surface area contributed by atoms with Gasteiger partial charge in [-0.15, -0.1) is 0 Å². The minimum Gasteiger partial charge on any atom is -0.468 e. The van der Waals surface area contributed by atoms with E-state index in [-0.39, 0.29) is 23.4 Å². The molecule has 0 aliphatic carbocycles. The number of rotatable bonds is 9. The molecule has 0 amide bonds. The van der Waals surface area contributed by atoms with Gasteiger partial charge in [0.15, 0.2) is 29.9 Å². The third-order valence-electron chi connectivity index (χ3n) is 6.96. The van der Waals surface area contributed by atoms with Gasteiger partial charge in [0.05, 0.1) is 11.2 Å². The predicted molar refractivity (Wildman–Crippen MR) is 177 cm³/mol. The number of aromatic amines is 2. The monoisotopic (exact) mass is 602 g/mol. The van der Waals surface area contributed by atoms with Crippen molar-refractivity contribution in [1.82, 2.24) is 20.1 Å². The normalized spacial score (nSPS) is 14.2. The van der Waals surface area contributed by atoms with E-state index in [1.54, 1.807) is 19.1 Å². The Kier molecular flexibility index (Phi) is 10.9. The van der Waals surface area contributed by atoms with Gasteiger partial charge in [0, 0.05) is 61.2 Å². The maximum absolute atomic E-state index is 15.1. The van der Waals surface area contributed by atoms with Crippen molar-refractivity contribution in [2.75, 3.05) is 43.1 Å². The number of anilines is 2. The fourth-order valence-corrected chi connectivity index (χ4v) is 4.90. The molecule has 4 aromatic rings. The van der Waals surface area contributed by atoms with Crippen LogP contribution in [0.4, 0.5) is 20.3 Å². The van der Waals surface area contributed by atoms with Crippen molar-refractivity contribution in [3.8, 4) is 5.75 Å². The lowest BCUT2D eigenvalue weighted by molar-refractivity contribution is 0.308. The number of hydrogen-bond acceptors (Lipinski definition) is 6. The van der Waals surface area contributed by atoms with Gasteiger partial charge in [-0.3, -0.25) is 5.10 Å². The second-order valence-electron chi connectivity index (χ2n) is 10.0. The Morgan fingerprint density at radius 3 is 2.59 bits per heavy atom. The molecule has 1 aliphatic rings. The van der Waals surface area contributed by atoms with Crippen LogP contribution in [0.3, 0.4) is 0 Å². The zero-order valence-electron chi connectivity index (χ0n) is 25.9. The Morgan fingerprint density at radius 1 is 1.11 bits per heavy atom. The van der Waals surface area contributed by atoms with Crippen LogP contribution in [0, 0.1) is 25.5 Å². The fourth-order valence-electron chi connectivity index (χ4n) is 4.90. The highest BCUT2D eigenvalue weighted by molar-refractivity contribution is 5.94. The molecule has 44 heavy (non-hydrogen) atoms. The topological polar surface area (TPSA) is 96.9 Å². The van der Waals surface area contributed by atoms with Gasteiger partial charge in [0.25, 0.3) is 0 Å². The number of amidine groups is 1. The number of ether oxygens (including phenoxy) is 1. The molecule has 0 atom stereocenters. The Morgan fingerprint density at radius 2 is 1.89 bits per heavy atom. The van der Waals surface area contributed by atoms with Crippen LogP contribution in [-0.4, -0.2) is 65.5 Å². The second-order valence-corrected chi connectivity index (χ2v) is 10.0. The van der Waals surface area contributed by atoms with Crippen LogP contribution in [-0.2, 0) is 0 Å². The highest BCUT2D eigenvalue weighted by Gasteiger charge is 2.21. The zero-order valence-corrected chi connectivity index (χ0v) is 25.9. The minimum absolute atomic E-state index is 0.111. The summed E-state index contributed by atoms with van der Waals surface area (Å²) in [4.78, 5) is 16.0. The molecular formula is C33H40F2N8O. The molecule has 0 bridgehead atoms. The number of nitrogens with one attached hydrogen (secondary N) is 3. The van der Waals surface area contributed by atoms with Crippen LogP contribution >= 0.6 is 0 Å². The molecule has 0 saturated carbocycles. The van der Waals surface area contributed by atoms with Gasteiger partial charge < -0.3 is 24.8 Å². The lowest BCUT2D eigenvalue weighted by atomic mass is 10.2. The Bertz CT molecular complexity index is 1660. The number of hydrogen-bond donors (Lipinski definition) is 3. The lowest BCUT2D eigenvalue weighted by Gasteiger charge is -2.37. The summed E-state index contributed by atoms with van der Waals surface area (Å²) in [6, 6.07) is 12.9. The summed E-state index contributed by atoms with van der Waals surface area (Å²) in [5, 5.41) is 10.5. The number of fused-ring (bicyclic) bond motifs is 1. The number of piperazine rings is 1. The summed E-state index contributed by atoms with van der Waals surface area (Å²) in [6.45, 7) is 16.1. The molecule has 3 N–H and O–H groups in total. The standard InChI is InChI=1S/C31H34F2N8O.C2H6/c1-5-7-22-16-28(39-38-22)37-27(34-4)18-29(41-12-10-40(11-13-41)23-9-6-8-20(2)14-23)35-19-42-26-17-25(32)31-24(30(26)33)15-21(3)36-31;1-2/h5-9,14-18,36H,4,10-13,19H2,1-3H3,(H2,37,38,39);1-2H3/b7-5+,27-18+,35-29+;. The molecule has 2 aromatic carbocycles. The average Bonchev–Trinajstić information content (AvgIpc) is 3.66. The average molecular weight is 603 g/mol. The van der Waals surface area contributed by atoms with E-state index in [4.69, 9.17) is 4.74 Å². The third-order valence-corrected chi connectivity index (χ3v) is 6.96. The van der Waals surface area contributed by atoms with Gasteiger partial charge in [-0.25, -0.2) is 18.8 Å². The number of aromatic nitrogens is 3. The number of H-pyrrole nitrogens is 2. The van der Waals surface area contributed by atoms with E-state index in [1.165, 1.54) is 11.3 Å². The molecule has 3 heterocycles. The van der Waals surface area contributed by atoms with E-state index in [9.17, 15) is 4.39 Å². The first-order valence-corrected chi connectivity index (χ1v) is 14.7. The van der Waals surface area contributed by atoms with Crippen molar-refractivity contribution in [2.24, 2.45) is 9.98 Å². The first-order chi connectivity index (χ1) is 21.3. The number of aryl methyl sites for hydroxylation is 2. The van der Waals surface area contributed by atoms with Crippen molar-refractivity contribution in [1.29, 1.82) is 0 Å². The maximum atomic E-state index is 15.1. The highest BCUT2D eigenvalue weighted by Crippen LogP contribution is 2.29. The summed E-state index contributed by atoms with van der Waals surface area (Å²) in [6.07, 6.45) is 5.55. The Hall–Kier alpha value is -4.93. The maximum Gasteiger partial charge on any atom is 0.181 e. The van der Waals surface area contributed by atoms with E-state index >= 15 is 4.39 Å². The van der Waals surface area contributed by atoms with E-state index in [2.05, 4.69) is 78.2 Å². The van der Waals surface area contributed by atoms with Crippen LogP contribution in [0.2, 0.25) is 0 Å². The molecule has 2 aromatic heterocycles. The van der Waals surface area contributed by atoms with Crippen LogP contribution in [0.1, 0.15) is 37.7 Å². The van der Waals surface area contributed by atoms with Crippen molar-refractivity contribution < 1.29 is 13.5 Å². The Labute approximate surface area is 257 Å². The van der Waals surface area contributed by atoms with Crippen LogP contribution in [0.25, 0.3) is 17.0 Å². The number of allylic oxidation sites excluding steroid dienone is 1. The van der Waals surface area contributed by atoms with E-state index in [0.29, 0.717) is 36.3 Å². The largest absolute Gasteiger partial charge is 0.468 e. The highest BCUT2D eigenvalue weighted by atomic mass is 19.1. The van der Waals surface area contributed by atoms with Gasteiger partial charge in [-0.05, 0) is 57.3 Å². The van der Waals surface area contributed by atoms with Gasteiger partial charge in [-0.2, -0.15) is 5.10 Å². The van der Waals surface area contributed by atoms with Gasteiger partial charge in [-0.1, -0.05) is 32.1 Å². The van der Waals surface area contributed by atoms with Gasteiger partial charge in [0.2, 0.25) is 0 Å². The van der Waals surface area contributed by atoms with Crippen molar-refractivity contribution in [3.05, 3.63) is 89.0 Å². The second kappa shape index (κ2) is 15.0. The molecule has 11 heteroatoms. The summed E-state index contributed by atoms with van der Waals surface area (Å²) in [7, 11) is 0. The van der Waals surface area contributed by atoms with Crippen LogP contribution < -0.4 is 15.0 Å². The molecule has 1 fully saturated rings. The zero-order chi connectivity index (χ0) is 31.6.